The van der Waals surface area contributed by atoms with Crippen LogP contribution in [0.2, 0.25) is 0 Å². The van der Waals surface area contributed by atoms with E-state index >= 15 is 0 Å². The van der Waals surface area contributed by atoms with E-state index < -0.39 is 5.67 Å². The number of hydrogen-bond acceptors (Lipinski definition) is 3. The zero-order valence-electron chi connectivity index (χ0n) is 9.82. The second kappa shape index (κ2) is 3.81. The summed E-state index contributed by atoms with van der Waals surface area (Å²) in [5, 5.41) is 0. The zero-order valence-corrected chi connectivity index (χ0v) is 9.82. The van der Waals surface area contributed by atoms with Crippen molar-refractivity contribution < 1.29 is 8.81 Å². The minimum Gasteiger partial charge on any atom is -0.443 e. The molecule has 3 nitrogen and oxygen atoms in total. The number of alkyl halides is 1. The van der Waals surface area contributed by atoms with Crippen LogP contribution >= 0.6 is 0 Å². The maximum atomic E-state index is 14.9. The molecule has 2 heterocycles. The Kier molecular flexibility index (Phi) is 2.40. The third-order valence-corrected chi connectivity index (χ3v) is 3.48. The highest BCUT2D eigenvalue weighted by Gasteiger charge is 2.36. The third-order valence-electron chi connectivity index (χ3n) is 3.48. The number of fused-ring (bicyclic) bond motifs is 1. The average molecular weight is 234 g/mol. The van der Waals surface area contributed by atoms with Gasteiger partial charge in [0.25, 0.3) is 0 Å². The highest BCUT2D eigenvalue weighted by Crippen LogP contribution is 2.36. The predicted octanol–water partition coefficient (Wildman–Crippen LogP) is 2.72. The molecule has 1 atom stereocenters. The molecule has 1 aromatic heterocycles. The van der Waals surface area contributed by atoms with Gasteiger partial charge < -0.3 is 9.32 Å². The molecule has 4 heteroatoms. The molecule has 1 fully saturated rings. The molecule has 3 rings (SSSR count). The van der Waals surface area contributed by atoms with Gasteiger partial charge in [-0.15, -0.1) is 0 Å². The van der Waals surface area contributed by atoms with E-state index in [1.54, 1.807) is 12.1 Å². The lowest BCUT2D eigenvalue weighted by atomic mass is 9.87. The van der Waals surface area contributed by atoms with Crippen LogP contribution in [0.5, 0.6) is 0 Å². The fourth-order valence-electron chi connectivity index (χ4n) is 2.59. The van der Waals surface area contributed by atoms with Crippen molar-refractivity contribution in [2.75, 3.05) is 20.1 Å². The SMILES string of the molecule is CN1CCCC(F)(c2ccc3ocnc3c2)C1. The Morgan fingerprint density at radius 1 is 1.47 bits per heavy atom. The van der Waals surface area contributed by atoms with Gasteiger partial charge in [0.15, 0.2) is 12.0 Å². The first kappa shape index (κ1) is 10.7. The molecular weight excluding hydrogens is 219 g/mol. The summed E-state index contributed by atoms with van der Waals surface area (Å²) in [6, 6.07) is 5.41. The molecule has 0 bridgehead atoms. The Bertz CT molecular complexity index is 539. The lowest BCUT2D eigenvalue weighted by Gasteiger charge is -2.35. The second-order valence-electron chi connectivity index (χ2n) is 4.84. The second-order valence-corrected chi connectivity index (χ2v) is 4.84. The number of benzene rings is 1. The molecule has 0 N–H and O–H groups in total. The average Bonchev–Trinajstić information content (AvgIpc) is 2.75. The van der Waals surface area contributed by atoms with Crippen LogP contribution in [0.3, 0.4) is 0 Å². The molecule has 0 spiro atoms. The molecule has 1 unspecified atom stereocenters. The molecule has 1 aromatic carbocycles. The van der Waals surface area contributed by atoms with Gasteiger partial charge in [-0.1, -0.05) is 6.07 Å². The summed E-state index contributed by atoms with van der Waals surface area (Å²) in [6.45, 7) is 1.42. The van der Waals surface area contributed by atoms with Gasteiger partial charge in [0.05, 0.1) is 0 Å². The molecular formula is C13H15FN2O. The first-order chi connectivity index (χ1) is 8.17. The van der Waals surface area contributed by atoms with Crippen LogP contribution in [0.1, 0.15) is 18.4 Å². The number of likely N-dealkylation sites (N-methyl/N-ethyl adjacent to an activating group) is 1. The summed E-state index contributed by atoms with van der Waals surface area (Å²) in [7, 11) is 1.96. The Morgan fingerprint density at radius 2 is 2.35 bits per heavy atom. The fourth-order valence-corrected chi connectivity index (χ4v) is 2.59. The van der Waals surface area contributed by atoms with Crippen molar-refractivity contribution in [1.29, 1.82) is 0 Å². The molecule has 0 aliphatic carbocycles. The molecule has 2 aromatic rings. The van der Waals surface area contributed by atoms with E-state index in [-0.39, 0.29) is 0 Å². The molecule has 0 saturated carbocycles. The van der Waals surface area contributed by atoms with E-state index in [0.29, 0.717) is 24.1 Å². The summed E-state index contributed by atoms with van der Waals surface area (Å²) < 4.78 is 20.1. The standard InChI is InChI=1S/C13H15FN2O/c1-16-6-2-5-13(14,8-16)10-3-4-12-11(7-10)15-9-17-12/h3-4,7,9H,2,5-6,8H2,1H3. The van der Waals surface area contributed by atoms with Crippen LogP contribution in [0.4, 0.5) is 4.39 Å². The Hall–Kier alpha value is -1.42. The van der Waals surface area contributed by atoms with Gasteiger partial charge in [-0.3, -0.25) is 0 Å². The first-order valence-corrected chi connectivity index (χ1v) is 5.89. The lowest BCUT2D eigenvalue weighted by Crippen LogP contribution is -2.41. The minimum atomic E-state index is -1.25. The molecule has 17 heavy (non-hydrogen) atoms. The summed E-state index contributed by atoms with van der Waals surface area (Å²) in [6.07, 6.45) is 2.87. The third kappa shape index (κ3) is 1.82. The summed E-state index contributed by atoms with van der Waals surface area (Å²) in [5.74, 6) is 0. The maximum Gasteiger partial charge on any atom is 0.181 e. The molecule has 1 aliphatic heterocycles. The van der Waals surface area contributed by atoms with E-state index in [4.69, 9.17) is 4.42 Å². The first-order valence-electron chi connectivity index (χ1n) is 5.89. The van der Waals surface area contributed by atoms with E-state index in [1.165, 1.54) is 6.39 Å². The molecule has 0 amide bonds. The van der Waals surface area contributed by atoms with E-state index in [1.807, 2.05) is 18.0 Å². The number of nitrogens with zero attached hydrogens (tertiary/aromatic N) is 2. The predicted molar refractivity (Wildman–Crippen MR) is 63.5 cm³/mol. The summed E-state index contributed by atoms with van der Waals surface area (Å²) in [5.41, 5.74) is 0.903. The van der Waals surface area contributed by atoms with Crippen molar-refractivity contribution in [3.05, 3.63) is 30.2 Å². The number of likely N-dealkylation sites (tertiary alicyclic amines) is 1. The van der Waals surface area contributed by atoms with Gasteiger partial charge in [-0.25, -0.2) is 9.37 Å². The minimum absolute atomic E-state index is 0.455. The highest BCUT2D eigenvalue weighted by atomic mass is 19.1. The van der Waals surface area contributed by atoms with Crippen molar-refractivity contribution >= 4 is 11.1 Å². The van der Waals surface area contributed by atoms with Gasteiger partial charge >= 0.3 is 0 Å². The largest absolute Gasteiger partial charge is 0.443 e. The smallest absolute Gasteiger partial charge is 0.181 e. The summed E-state index contributed by atoms with van der Waals surface area (Å²) >= 11 is 0. The highest BCUT2D eigenvalue weighted by molar-refractivity contribution is 5.73. The zero-order chi connectivity index (χ0) is 11.9. The summed E-state index contributed by atoms with van der Waals surface area (Å²) in [4.78, 5) is 6.12. The van der Waals surface area contributed by atoms with Crippen LogP contribution in [-0.2, 0) is 5.67 Å². The molecule has 90 valence electrons. The van der Waals surface area contributed by atoms with E-state index in [0.717, 1.165) is 18.5 Å². The maximum absolute atomic E-state index is 14.9. The van der Waals surface area contributed by atoms with Gasteiger partial charge in [-0.05, 0) is 44.1 Å². The van der Waals surface area contributed by atoms with Crippen LogP contribution in [0.15, 0.2) is 29.0 Å². The van der Waals surface area contributed by atoms with Gasteiger partial charge in [-0.2, -0.15) is 0 Å². The van der Waals surface area contributed by atoms with Crippen LogP contribution in [0.25, 0.3) is 11.1 Å². The number of rotatable bonds is 1. The number of aromatic nitrogens is 1. The monoisotopic (exact) mass is 234 g/mol. The Labute approximate surface area is 99.2 Å². The number of oxazole rings is 1. The lowest BCUT2D eigenvalue weighted by molar-refractivity contribution is 0.0564. The Morgan fingerprint density at radius 3 is 3.18 bits per heavy atom. The van der Waals surface area contributed by atoms with Gasteiger partial charge in [0, 0.05) is 6.54 Å². The van der Waals surface area contributed by atoms with Crippen molar-refractivity contribution in [2.24, 2.45) is 0 Å². The van der Waals surface area contributed by atoms with Crippen molar-refractivity contribution in [1.82, 2.24) is 9.88 Å². The number of hydrogen-bond donors (Lipinski definition) is 0. The van der Waals surface area contributed by atoms with Crippen LogP contribution in [-0.4, -0.2) is 30.0 Å². The number of halogens is 1. The molecule has 1 saturated heterocycles. The Balaban J connectivity index is 2.01. The molecule has 0 radical (unpaired) electrons. The van der Waals surface area contributed by atoms with Crippen molar-refractivity contribution in [3.8, 4) is 0 Å². The van der Waals surface area contributed by atoms with E-state index in [2.05, 4.69) is 4.98 Å². The topological polar surface area (TPSA) is 29.3 Å². The quantitative estimate of drug-likeness (QED) is 0.759. The van der Waals surface area contributed by atoms with Crippen LogP contribution in [0, 0.1) is 0 Å². The number of piperidine rings is 1. The normalized spacial score (nSPS) is 26.5. The van der Waals surface area contributed by atoms with Crippen molar-refractivity contribution in [2.45, 2.75) is 18.5 Å². The van der Waals surface area contributed by atoms with Gasteiger partial charge in [0.1, 0.15) is 11.2 Å². The fraction of sp³-hybridized carbons (Fsp3) is 0.462. The van der Waals surface area contributed by atoms with Crippen LogP contribution < -0.4 is 0 Å². The van der Waals surface area contributed by atoms with E-state index in [9.17, 15) is 4.39 Å². The van der Waals surface area contributed by atoms with Gasteiger partial charge in [0.2, 0.25) is 0 Å². The van der Waals surface area contributed by atoms with Crippen molar-refractivity contribution in [3.63, 3.8) is 0 Å². The molecule has 1 aliphatic rings.